The molecule has 14 heteroatoms. The number of carbonyl (C=O) groups excluding carboxylic acids is 2. The van der Waals surface area contributed by atoms with Crippen molar-refractivity contribution in [3.8, 4) is 0 Å². The third kappa shape index (κ3) is 11.1. The molecule has 0 aliphatic carbocycles. The van der Waals surface area contributed by atoms with Crippen molar-refractivity contribution in [3.05, 3.63) is 34.9 Å². The number of nitrogens with two attached hydrogens (primary N) is 1. The molecule has 14 nitrogen and oxygen atoms in total. The van der Waals surface area contributed by atoms with Gasteiger partial charge in [0.25, 0.3) is 5.91 Å². The van der Waals surface area contributed by atoms with Gasteiger partial charge in [-0.3, -0.25) is 14.6 Å². The van der Waals surface area contributed by atoms with Gasteiger partial charge >= 0.3 is 24.0 Å². The third-order valence-corrected chi connectivity index (χ3v) is 5.57. The van der Waals surface area contributed by atoms with E-state index in [2.05, 4.69) is 10.3 Å². The van der Waals surface area contributed by atoms with Crippen LogP contribution in [0.3, 0.4) is 0 Å². The Bertz CT molecular complexity index is 1040. The Morgan fingerprint density at radius 1 is 1.08 bits per heavy atom. The fourth-order valence-corrected chi connectivity index (χ4v) is 3.34. The molecule has 38 heavy (non-hydrogen) atoms. The number of amides is 2. The first-order chi connectivity index (χ1) is 17.8. The molecule has 0 saturated carbocycles. The number of rotatable bonds is 15. The Balaban J connectivity index is 2.51. The van der Waals surface area contributed by atoms with Gasteiger partial charge in [0.1, 0.15) is 6.04 Å². The molecular weight excluding hydrogens is 502 g/mol. The van der Waals surface area contributed by atoms with E-state index in [-0.39, 0.29) is 25.3 Å². The van der Waals surface area contributed by atoms with Gasteiger partial charge in [-0.1, -0.05) is 6.07 Å². The maximum atomic E-state index is 12.5. The van der Waals surface area contributed by atoms with E-state index in [9.17, 15) is 29.1 Å². The predicted octanol–water partition coefficient (Wildman–Crippen LogP) is 0.769. The summed E-state index contributed by atoms with van der Waals surface area (Å²) in [5.41, 5.74) is 8.14. The van der Waals surface area contributed by atoms with Gasteiger partial charge in [-0.05, 0) is 55.9 Å². The van der Waals surface area contributed by atoms with E-state index in [1.54, 1.807) is 24.1 Å². The highest BCUT2D eigenvalue weighted by Gasteiger charge is 2.26. The molecule has 0 aromatic heterocycles. The minimum absolute atomic E-state index is 0.0724. The van der Waals surface area contributed by atoms with Crippen LogP contribution in [0.1, 0.15) is 53.6 Å². The van der Waals surface area contributed by atoms with Gasteiger partial charge in [0.2, 0.25) is 6.10 Å². The smallest absolute Gasteiger partial charge is 0.408 e. The first-order valence-corrected chi connectivity index (χ1v) is 11.8. The normalized spacial score (nSPS) is 12.7. The number of carboxylic acid groups (broad SMARTS) is 3. The number of benzene rings is 1. The van der Waals surface area contributed by atoms with Crippen molar-refractivity contribution >= 4 is 35.9 Å². The fourth-order valence-electron chi connectivity index (χ4n) is 3.34. The fraction of sp³-hybridized carbons (Fsp3) is 0.500. The third-order valence-electron chi connectivity index (χ3n) is 5.57. The van der Waals surface area contributed by atoms with E-state index in [0.29, 0.717) is 24.5 Å². The molecule has 0 spiro atoms. The Morgan fingerprint density at radius 2 is 1.76 bits per heavy atom. The molecule has 7 N–H and O–H groups in total. The molecule has 0 heterocycles. The van der Waals surface area contributed by atoms with Gasteiger partial charge in [-0.25, -0.2) is 14.4 Å². The molecule has 0 saturated heterocycles. The summed E-state index contributed by atoms with van der Waals surface area (Å²) in [5.74, 6) is -4.05. The van der Waals surface area contributed by atoms with Gasteiger partial charge < -0.3 is 41.3 Å². The van der Waals surface area contributed by atoms with E-state index in [1.165, 1.54) is 0 Å². The molecule has 1 rings (SSSR count). The maximum absolute atomic E-state index is 12.5. The van der Waals surface area contributed by atoms with Gasteiger partial charge in [-0.15, -0.1) is 0 Å². The number of guanidine groups is 1. The summed E-state index contributed by atoms with van der Waals surface area (Å²) < 4.78 is 4.80. The lowest BCUT2D eigenvalue weighted by Crippen LogP contribution is -2.43. The molecule has 0 fully saturated rings. The first kappa shape index (κ1) is 31.7. The van der Waals surface area contributed by atoms with Gasteiger partial charge in [0.15, 0.2) is 5.96 Å². The topological polar surface area (TPSA) is 221 Å². The summed E-state index contributed by atoms with van der Waals surface area (Å²) in [5, 5.41) is 31.7. The zero-order valence-electron chi connectivity index (χ0n) is 21.6. The van der Waals surface area contributed by atoms with Crippen molar-refractivity contribution in [3.63, 3.8) is 0 Å². The number of ether oxygens (including phenoxy) is 1. The van der Waals surface area contributed by atoms with Crippen LogP contribution in [0.4, 0.5) is 4.79 Å². The van der Waals surface area contributed by atoms with E-state index >= 15 is 0 Å². The van der Waals surface area contributed by atoms with Crippen LogP contribution >= 0.6 is 0 Å². The largest absolute Gasteiger partial charge is 0.481 e. The van der Waals surface area contributed by atoms with Crippen molar-refractivity contribution < 1.29 is 44.0 Å². The minimum Gasteiger partial charge on any atom is -0.481 e. The number of aryl methyl sites for hydroxylation is 1. The average Bonchev–Trinajstić information content (AvgIpc) is 2.85. The second kappa shape index (κ2) is 15.7. The lowest BCUT2D eigenvalue weighted by Gasteiger charge is -2.19. The first-order valence-electron chi connectivity index (χ1n) is 11.8. The van der Waals surface area contributed by atoms with Crippen LogP contribution < -0.4 is 16.4 Å². The highest BCUT2D eigenvalue weighted by atomic mass is 16.6. The lowest BCUT2D eigenvalue weighted by atomic mass is 10.0. The Hall–Kier alpha value is -4.36. The molecule has 0 bridgehead atoms. The van der Waals surface area contributed by atoms with Crippen LogP contribution in [-0.4, -0.2) is 88.9 Å². The van der Waals surface area contributed by atoms with Crippen LogP contribution in [0.15, 0.2) is 23.2 Å². The van der Waals surface area contributed by atoms with E-state index in [0.717, 1.165) is 11.1 Å². The number of carbonyl (C=O) groups is 5. The minimum atomic E-state index is -1.54. The molecule has 1 aromatic rings. The second-order valence-electron chi connectivity index (χ2n) is 8.53. The number of hydrogen-bond donors (Lipinski definition) is 6. The summed E-state index contributed by atoms with van der Waals surface area (Å²) in [6, 6.07) is 3.75. The zero-order chi connectivity index (χ0) is 28.8. The predicted molar refractivity (Wildman–Crippen MR) is 136 cm³/mol. The lowest BCUT2D eigenvalue weighted by molar-refractivity contribution is -0.147. The van der Waals surface area contributed by atoms with Crippen LogP contribution in [0.25, 0.3) is 0 Å². The number of hydrogen-bond acceptors (Lipinski definition) is 7. The summed E-state index contributed by atoms with van der Waals surface area (Å²) >= 11 is 0. The summed E-state index contributed by atoms with van der Waals surface area (Å²) in [6.45, 7) is 2.66. The number of carboxylic acids is 3. The second-order valence-corrected chi connectivity index (χ2v) is 8.53. The Morgan fingerprint density at radius 3 is 2.32 bits per heavy atom. The molecule has 1 aromatic carbocycles. The van der Waals surface area contributed by atoms with Crippen molar-refractivity contribution in [2.75, 3.05) is 20.6 Å². The summed E-state index contributed by atoms with van der Waals surface area (Å²) in [4.78, 5) is 63.3. The van der Waals surface area contributed by atoms with E-state index in [1.807, 2.05) is 25.4 Å². The quantitative estimate of drug-likeness (QED) is 0.104. The van der Waals surface area contributed by atoms with E-state index in [4.69, 9.17) is 20.7 Å². The molecular formula is C24H35N5O9. The van der Waals surface area contributed by atoms with Crippen LogP contribution in [0, 0.1) is 6.92 Å². The van der Waals surface area contributed by atoms with Crippen LogP contribution in [0.2, 0.25) is 0 Å². The molecule has 2 atom stereocenters. The molecule has 0 aliphatic heterocycles. The molecule has 0 radical (unpaired) electrons. The monoisotopic (exact) mass is 537 g/mol. The van der Waals surface area contributed by atoms with Crippen molar-refractivity contribution in [2.24, 2.45) is 10.7 Å². The number of aliphatic carboxylic acids is 3. The Labute approximate surface area is 219 Å². The summed E-state index contributed by atoms with van der Waals surface area (Å²) in [7, 11) is 3.41. The highest BCUT2D eigenvalue weighted by molar-refractivity contribution is 5.94. The molecule has 210 valence electrons. The maximum Gasteiger partial charge on any atom is 0.408 e. The van der Waals surface area contributed by atoms with Gasteiger partial charge in [0.05, 0.1) is 0 Å². The number of unbranched alkanes of at least 4 members (excludes halogenated alkanes) is 1. The number of aliphatic imine (C=N–C) groups is 1. The highest BCUT2D eigenvalue weighted by Crippen LogP contribution is 2.14. The van der Waals surface area contributed by atoms with Crippen molar-refractivity contribution in [1.82, 2.24) is 15.5 Å². The summed E-state index contributed by atoms with van der Waals surface area (Å²) in [6.07, 6.45) is -3.10. The number of nitrogens with zero attached hydrogens (tertiary/aromatic N) is 2. The SMILES string of the molecule is C/N=C(\N)N(C)Cc1ccc(C(=O)NCCCC[C@H](OC(=O)N[C@@H](CCC(=O)O)C(=O)O)C(=O)O)cc1C. The van der Waals surface area contributed by atoms with Crippen molar-refractivity contribution in [1.29, 1.82) is 0 Å². The molecule has 0 aliphatic rings. The van der Waals surface area contributed by atoms with Gasteiger partial charge in [0, 0.05) is 39.2 Å². The number of alkyl carbamates (subject to hydrolysis) is 1. The standard InChI is InChI=1S/C24H35N5O9/c1-14-12-15(7-8-16(14)13-29(3)23(25)26-2)20(32)27-11-5-4-6-18(22(35)36)38-24(37)28-17(21(33)34)9-10-19(30)31/h7-8,12,17-18H,4-6,9-11,13H2,1-3H3,(H2,25,26)(H,27,32)(H,28,37)(H,30,31)(H,33,34)(H,35,36)/t17-,18-/m0/s1. The Kier molecular flexibility index (Phi) is 13.1. The average molecular weight is 538 g/mol. The number of nitrogens with one attached hydrogen (secondary N) is 2. The van der Waals surface area contributed by atoms with Crippen LogP contribution in [-0.2, 0) is 25.7 Å². The molecule has 0 unspecified atom stereocenters. The van der Waals surface area contributed by atoms with E-state index < -0.39 is 49.0 Å². The van der Waals surface area contributed by atoms with Gasteiger partial charge in [-0.2, -0.15) is 0 Å². The van der Waals surface area contributed by atoms with Crippen LogP contribution in [0.5, 0.6) is 0 Å². The molecule has 2 amide bonds. The zero-order valence-corrected chi connectivity index (χ0v) is 21.6. The van der Waals surface area contributed by atoms with Crippen molar-refractivity contribution in [2.45, 2.75) is 57.7 Å².